The zero-order valence-electron chi connectivity index (χ0n) is 39.7. The molecule has 0 aliphatic carbocycles. The minimum Gasteiger partial charge on any atom is -0.399 e. The molecule has 3 rings (SSSR count). The van der Waals surface area contributed by atoms with Gasteiger partial charge in [0.05, 0.1) is 42.7 Å². The zero-order valence-corrected chi connectivity index (χ0v) is 39.7. The van der Waals surface area contributed by atoms with Gasteiger partial charge in [0.25, 0.3) is 0 Å². The number of nitrogens with one attached hydrogen (secondary N) is 2. The molecule has 346 valence electrons. The van der Waals surface area contributed by atoms with E-state index < -0.39 is 42.3 Å². The predicted molar refractivity (Wildman–Crippen MR) is 246 cm³/mol. The quantitative estimate of drug-likeness (QED) is 0.109. The number of carbonyl (C=O) groups is 5. The van der Waals surface area contributed by atoms with Crippen molar-refractivity contribution in [1.82, 2.24) is 25.3 Å². The first-order valence-electron chi connectivity index (χ1n) is 22.6. The lowest BCUT2D eigenvalue weighted by Gasteiger charge is -2.41. The number of rotatable bonds is 25. The van der Waals surface area contributed by atoms with E-state index in [1.165, 1.54) is 0 Å². The number of likely N-dealkylation sites (tertiary alicyclic amines) is 1. The number of likely N-dealkylation sites (N-methyl/N-ethyl adjacent to an activating group) is 2. The van der Waals surface area contributed by atoms with Gasteiger partial charge in [-0.2, -0.15) is 0 Å². The minimum absolute atomic E-state index is 0.0169. The lowest BCUT2D eigenvalue weighted by atomic mass is 9.89. The second-order valence-electron chi connectivity index (χ2n) is 18.4. The summed E-state index contributed by atoms with van der Waals surface area (Å²) in [7, 11) is 8.59. The van der Waals surface area contributed by atoms with Crippen molar-refractivity contribution in [2.24, 2.45) is 23.7 Å². The predicted octanol–water partition coefficient (Wildman–Crippen LogP) is 5.54. The molecule has 1 aliphatic rings. The lowest BCUT2D eigenvalue weighted by Crippen LogP contribution is -2.59. The molecule has 13 heteroatoms. The number of nitrogens with two attached hydrogens (primary N) is 1. The molecule has 1 fully saturated rings. The highest BCUT2D eigenvalue weighted by Gasteiger charge is 2.43. The van der Waals surface area contributed by atoms with Gasteiger partial charge in [-0.25, -0.2) is 0 Å². The van der Waals surface area contributed by atoms with Crippen LogP contribution in [0.2, 0.25) is 0 Å². The summed E-state index contributed by atoms with van der Waals surface area (Å²) >= 11 is 0. The molecule has 0 spiro atoms. The van der Waals surface area contributed by atoms with Gasteiger partial charge in [0.15, 0.2) is 0 Å². The Morgan fingerprint density at radius 3 is 2.02 bits per heavy atom. The molecular weight excluding hydrogens is 785 g/mol. The van der Waals surface area contributed by atoms with Crippen LogP contribution in [-0.2, 0) is 46.3 Å². The lowest BCUT2D eigenvalue weighted by molar-refractivity contribution is -0.148. The summed E-state index contributed by atoms with van der Waals surface area (Å²) in [4.78, 5) is 75.0. The monoisotopic (exact) mass is 863 g/mol. The first-order valence-corrected chi connectivity index (χ1v) is 22.6. The Kier molecular flexibility index (Phi) is 21.0. The average molecular weight is 863 g/mol. The van der Waals surface area contributed by atoms with Gasteiger partial charge in [-0.15, -0.1) is 0 Å². The van der Waals surface area contributed by atoms with Crippen molar-refractivity contribution < 1.29 is 33.4 Å². The molecule has 0 bridgehead atoms. The summed E-state index contributed by atoms with van der Waals surface area (Å²) < 4.78 is 12.1. The molecule has 4 N–H and O–H groups in total. The maximum absolute atomic E-state index is 14.4. The highest BCUT2D eigenvalue weighted by Crippen LogP contribution is 2.30. The van der Waals surface area contributed by atoms with Crippen molar-refractivity contribution in [3.8, 4) is 0 Å². The highest BCUT2D eigenvalue weighted by atomic mass is 16.5. The summed E-state index contributed by atoms with van der Waals surface area (Å²) in [6, 6.07) is 14.9. The van der Waals surface area contributed by atoms with Crippen LogP contribution >= 0.6 is 0 Å². The van der Waals surface area contributed by atoms with Gasteiger partial charge in [0.1, 0.15) is 11.8 Å². The van der Waals surface area contributed by atoms with Crippen molar-refractivity contribution in [2.45, 2.75) is 142 Å². The molecule has 1 aliphatic heterocycles. The molecule has 1 heterocycles. The van der Waals surface area contributed by atoms with Gasteiger partial charge in [0.2, 0.25) is 23.6 Å². The van der Waals surface area contributed by atoms with Gasteiger partial charge in [0, 0.05) is 52.4 Å². The third-order valence-corrected chi connectivity index (χ3v) is 12.8. The molecule has 0 radical (unpaired) electrons. The molecular formula is C49H78N6O7. The largest absolute Gasteiger partial charge is 0.399 e. The van der Waals surface area contributed by atoms with Gasteiger partial charge in [-0.3, -0.25) is 28.9 Å². The van der Waals surface area contributed by atoms with Gasteiger partial charge >= 0.3 is 0 Å². The summed E-state index contributed by atoms with van der Waals surface area (Å²) in [6.45, 7) is 14.2. The second-order valence-corrected chi connectivity index (χ2v) is 18.4. The number of anilines is 1. The van der Waals surface area contributed by atoms with Crippen LogP contribution in [0.3, 0.4) is 0 Å². The Morgan fingerprint density at radius 2 is 1.47 bits per heavy atom. The topological polar surface area (TPSA) is 164 Å². The van der Waals surface area contributed by atoms with Crippen molar-refractivity contribution in [1.29, 1.82) is 0 Å². The fourth-order valence-electron chi connectivity index (χ4n) is 9.16. The number of hydrogen-bond donors (Lipinski definition) is 3. The summed E-state index contributed by atoms with van der Waals surface area (Å²) in [6.07, 6.45) is 2.50. The SMILES string of the molecule is CC[C@H](C)[C@@H]([C@@H](CC(=O)N1CCC[C@H]1[C@H](OC)[C@@H](C)C(=O)N[C@H](CC(=O)CCc1ccc(N)cc1)Cc1ccccc1)OC)N(C)C(=O)[C@@H](NC(=O)[C@H](C(C)C)N(C)C)C(C)C. The van der Waals surface area contributed by atoms with Crippen LogP contribution in [0.5, 0.6) is 0 Å². The highest BCUT2D eigenvalue weighted by molar-refractivity contribution is 5.90. The maximum Gasteiger partial charge on any atom is 0.245 e. The third-order valence-electron chi connectivity index (χ3n) is 12.8. The van der Waals surface area contributed by atoms with Crippen molar-refractivity contribution >= 4 is 35.1 Å². The Labute approximate surface area is 372 Å². The van der Waals surface area contributed by atoms with Gasteiger partial charge in [-0.05, 0) is 80.8 Å². The van der Waals surface area contributed by atoms with Crippen LogP contribution in [-0.4, -0.2) is 128 Å². The van der Waals surface area contributed by atoms with Gasteiger partial charge < -0.3 is 35.6 Å². The van der Waals surface area contributed by atoms with Crippen LogP contribution in [0, 0.1) is 23.7 Å². The number of benzene rings is 2. The van der Waals surface area contributed by atoms with Crippen LogP contribution in [0.1, 0.15) is 98.1 Å². The molecule has 62 heavy (non-hydrogen) atoms. The number of hydrogen-bond acceptors (Lipinski definition) is 9. The molecule has 4 amide bonds. The van der Waals surface area contributed by atoms with Gasteiger partial charge in [-0.1, -0.05) is 97.4 Å². The van der Waals surface area contributed by atoms with E-state index in [-0.39, 0.29) is 66.0 Å². The number of methoxy groups -OCH3 is 2. The standard InChI is InChI=1S/C49H78N6O7/c1-13-33(6)45(54(10)49(60)43(31(2)3)52-48(59)44(32(4)5)53(8)9)41(61-11)30-42(57)55-27-17-20-40(55)46(62-12)34(7)47(58)51-38(28-36-18-15-14-16-19-36)29-39(56)26-23-35-21-24-37(50)25-22-35/h14-16,18-19,21-22,24-25,31-34,38,40-41,43-46H,13,17,20,23,26-30,50H2,1-12H3,(H,51,58)(H,52,59)/t33-,34+,38-,40-,41+,43-,44-,45-,46+/m0/s1. The van der Waals surface area contributed by atoms with Crippen LogP contribution in [0.15, 0.2) is 54.6 Å². The summed E-state index contributed by atoms with van der Waals surface area (Å²) in [5.41, 5.74) is 8.54. The molecule has 2 aromatic carbocycles. The van der Waals surface area contributed by atoms with E-state index >= 15 is 0 Å². The normalized spacial score (nSPS) is 18.1. The van der Waals surface area contributed by atoms with Crippen molar-refractivity contribution in [2.75, 3.05) is 47.6 Å². The number of ketones is 1. The van der Waals surface area contributed by atoms with Crippen molar-refractivity contribution in [3.05, 3.63) is 65.7 Å². The molecule has 0 aromatic heterocycles. The number of nitrogen functional groups attached to an aromatic ring is 1. The van der Waals surface area contributed by atoms with E-state index in [9.17, 15) is 24.0 Å². The number of Topliss-reactive ketones (excluding diaryl/α,β-unsaturated/α-hetero) is 1. The molecule has 1 saturated heterocycles. The Balaban J connectivity index is 1.77. The van der Waals surface area contributed by atoms with E-state index in [0.717, 1.165) is 24.0 Å². The summed E-state index contributed by atoms with van der Waals surface area (Å²) in [5.74, 6) is -1.59. The molecule has 0 saturated carbocycles. The minimum atomic E-state index is -0.772. The van der Waals surface area contributed by atoms with E-state index in [1.807, 2.05) is 127 Å². The number of nitrogens with zero attached hydrogens (tertiary/aromatic N) is 3. The van der Waals surface area contributed by atoms with Crippen molar-refractivity contribution in [3.63, 3.8) is 0 Å². The number of amides is 4. The fourth-order valence-corrected chi connectivity index (χ4v) is 9.16. The Hall–Kier alpha value is -4.33. The third kappa shape index (κ3) is 14.6. The number of carbonyl (C=O) groups excluding carboxylic acids is 5. The number of aryl methyl sites for hydroxylation is 1. The van der Waals surface area contributed by atoms with E-state index in [0.29, 0.717) is 37.9 Å². The summed E-state index contributed by atoms with van der Waals surface area (Å²) in [5, 5.41) is 6.23. The van der Waals surface area contributed by atoms with Crippen LogP contribution in [0.4, 0.5) is 5.69 Å². The van der Waals surface area contributed by atoms with Crippen LogP contribution < -0.4 is 16.4 Å². The smallest absolute Gasteiger partial charge is 0.245 e. The Morgan fingerprint density at radius 1 is 0.823 bits per heavy atom. The van der Waals surface area contributed by atoms with Crippen LogP contribution in [0.25, 0.3) is 0 Å². The maximum atomic E-state index is 14.4. The first-order chi connectivity index (χ1) is 29.3. The second kappa shape index (κ2) is 25.1. The zero-order chi connectivity index (χ0) is 46.3. The van der Waals surface area contributed by atoms with E-state index in [4.69, 9.17) is 15.2 Å². The molecule has 9 atom stereocenters. The van der Waals surface area contributed by atoms with E-state index in [2.05, 4.69) is 10.6 Å². The fraction of sp³-hybridized carbons (Fsp3) is 0.653. The number of ether oxygens (including phenoxy) is 2. The molecule has 0 unspecified atom stereocenters. The average Bonchev–Trinajstić information content (AvgIpc) is 3.71. The first kappa shape index (κ1) is 52.0. The Bertz CT molecular complexity index is 1710. The molecule has 2 aromatic rings. The molecule has 13 nitrogen and oxygen atoms in total. The van der Waals surface area contributed by atoms with E-state index in [1.54, 1.807) is 26.2 Å².